The Balaban J connectivity index is 1.65. The zero-order valence-corrected chi connectivity index (χ0v) is 11.8. The molecule has 6 aliphatic rings. The molecule has 0 radical (unpaired) electrons. The minimum absolute atomic E-state index is 0.0198. The van der Waals surface area contributed by atoms with E-state index >= 15 is 0 Å². The van der Waals surface area contributed by atoms with E-state index in [1.165, 1.54) is 0 Å². The summed E-state index contributed by atoms with van der Waals surface area (Å²) < 4.78 is 23.4. The number of esters is 1. The number of carbonyl (C=O) groups is 1. The summed E-state index contributed by atoms with van der Waals surface area (Å²) in [6, 6.07) is 0. The number of carbonyl (C=O) groups excluding carboxylic acids is 1. The molecule has 21 heavy (non-hydrogen) atoms. The smallest absolute Gasteiger partial charge is 0.340 e. The molecular weight excluding hydrogens is 276 g/mol. The van der Waals surface area contributed by atoms with E-state index in [9.17, 15) is 9.90 Å². The molecule has 2 spiro atoms. The van der Waals surface area contributed by atoms with Crippen LogP contribution in [0.5, 0.6) is 0 Å². The fraction of sp³-hybridized carbons (Fsp3) is 0.933. The second-order valence-electron chi connectivity index (χ2n) is 7.70. The third-order valence-electron chi connectivity index (χ3n) is 7.40. The Morgan fingerprint density at radius 3 is 3.05 bits per heavy atom. The highest BCUT2D eigenvalue weighted by Crippen LogP contribution is 2.82. The van der Waals surface area contributed by atoms with Gasteiger partial charge in [0.25, 0.3) is 0 Å². The van der Waals surface area contributed by atoms with Crippen LogP contribution in [-0.2, 0) is 23.7 Å². The van der Waals surface area contributed by atoms with E-state index in [4.69, 9.17) is 18.9 Å². The molecule has 6 rings (SSSR count). The average Bonchev–Trinajstić information content (AvgIpc) is 3.12. The predicted molar refractivity (Wildman–Crippen MR) is 65.7 cm³/mol. The normalized spacial score (nSPS) is 69.1. The van der Waals surface area contributed by atoms with Gasteiger partial charge in [-0.25, -0.2) is 4.79 Å². The predicted octanol–water partition coefficient (Wildman–Crippen LogP) is 0.177. The topological polar surface area (TPSA) is 74.2 Å². The maximum Gasteiger partial charge on any atom is 0.340 e. The van der Waals surface area contributed by atoms with Gasteiger partial charge in [-0.15, -0.1) is 0 Å². The van der Waals surface area contributed by atoms with E-state index in [0.717, 1.165) is 19.3 Å². The number of hydrogen-bond donors (Lipinski definition) is 1. The zero-order chi connectivity index (χ0) is 14.2. The van der Waals surface area contributed by atoms with Crippen molar-refractivity contribution in [1.82, 2.24) is 0 Å². The summed E-state index contributed by atoms with van der Waals surface area (Å²) in [4.78, 5) is 12.8. The number of aliphatic hydroxyl groups excluding tert-OH is 1. The molecule has 6 nitrogen and oxygen atoms in total. The molecule has 4 aliphatic heterocycles. The van der Waals surface area contributed by atoms with Crippen LogP contribution in [0.4, 0.5) is 0 Å². The van der Waals surface area contributed by atoms with Gasteiger partial charge in [0, 0.05) is 12.5 Å². The van der Waals surface area contributed by atoms with Crippen molar-refractivity contribution in [3.05, 3.63) is 0 Å². The van der Waals surface area contributed by atoms with Crippen molar-refractivity contribution in [2.45, 2.75) is 56.6 Å². The van der Waals surface area contributed by atoms with Gasteiger partial charge in [-0.3, -0.25) is 0 Å². The first-order chi connectivity index (χ1) is 10.1. The van der Waals surface area contributed by atoms with Crippen molar-refractivity contribution in [2.75, 3.05) is 6.61 Å². The van der Waals surface area contributed by atoms with Crippen LogP contribution in [0.2, 0.25) is 0 Å². The fourth-order valence-electron chi connectivity index (χ4n) is 6.81. The molecule has 4 saturated heterocycles. The first kappa shape index (κ1) is 11.8. The Morgan fingerprint density at radius 1 is 1.38 bits per heavy atom. The number of fused-ring (bicyclic) bond motifs is 1. The van der Waals surface area contributed by atoms with E-state index < -0.39 is 29.0 Å². The van der Waals surface area contributed by atoms with Crippen LogP contribution in [0, 0.1) is 22.7 Å². The quantitative estimate of drug-likeness (QED) is 0.642. The molecule has 9 atom stereocenters. The van der Waals surface area contributed by atoms with Gasteiger partial charge in [0.05, 0.1) is 16.9 Å². The van der Waals surface area contributed by atoms with Gasteiger partial charge in [-0.2, -0.15) is 0 Å². The standard InChI is InChI=1S/C15H18O6/c1-6-5-18-7-4-14-8-2-3-13(14)10(16)20-12(13)21-15(14,9(6)7)11(17)19-8/h6-10,12,16H,2-5H2,1H3/t6-,7?,8?,9?,10+,12?,13?,14?,15?/m1/s1. The van der Waals surface area contributed by atoms with Gasteiger partial charge in [0.1, 0.15) is 6.10 Å². The number of hydrogen-bond acceptors (Lipinski definition) is 6. The molecule has 0 aromatic heterocycles. The van der Waals surface area contributed by atoms with Crippen molar-refractivity contribution < 1.29 is 28.8 Å². The van der Waals surface area contributed by atoms with Crippen molar-refractivity contribution in [3.63, 3.8) is 0 Å². The summed E-state index contributed by atoms with van der Waals surface area (Å²) in [7, 11) is 0. The summed E-state index contributed by atoms with van der Waals surface area (Å²) in [5, 5.41) is 10.4. The third-order valence-corrected chi connectivity index (χ3v) is 7.40. The van der Waals surface area contributed by atoms with Crippen LogP contribution in [-0.4, -0.2) is 48.1 Å². The summed E-state index contributed by atoms with van der Waals surface area (Å²) >= 11 is 0. The molecule has 6 heteroatoms. The van der Waals surface area contributed by atoms with Gasteiger partial charge >= 0.3 is 5.97 Å². The van der Waals surface area contributed by atoms with Crippen LogP contribution in [0.1, 0.15) is 26.2 Å². The summed E-state index contributed by atoms with van der Waals surface area (Å²) in [6.07, 6.45) is 0.912. The van der Waals surface area contributed by atoms with E-state index in [1.54, 1.807) is 0 Å². The highest BCUT2D eigenvalue weighted by Gasteiger charge is 2.95. The first-order valence-electron chi connectivity index (χ1n) is 7.92. The second-order valence-corrected chi connectivity index (χ2v) is 7.70. The first-order valence-corrected chi connectivity index (χ1v) is 7.92. The van der Waals surface area contributed by atoms with Crippen molar-refractivity contribution >= 4 is 5.97 Å². The van der Waals surface area contributed by atoms with Crippen molar-refractivity contribution in [3.8, 4) is 0 Å². The summed E-state index contributed by atoms with van der Waals surface area (Å²) in [5.41, 5.74) is -1.89. The van der Waals surface area contributed by atoms with Gasteiger partial charge in [-0.1, -0.05) is 6.92 Å². The fourth-order valence-corrected chi connectivity index (χ4v) is 6.81. The van der Waals surface area contributed by atoms with Gasteiger partial charge < -0.3 is 24.1 Å². The largest absolute Gasteiger partial charge is 0.459 e. The summed E-state index contributed by atoms with van der Waals surface area (Å²) in [6.45, 7) is 2.77. The van der Waals surface area contributed by atoms with Crippen molar-refractivity contribution in [2.24, 2.45) is 22.7 Å². The lowest BCUT2D eigenvalue weighted by atomic mass is 9.56. The zero-order valence-electron chi connectivity index (χ0n) is 11.8. The lowest BCUT2D eigenvalue weighted by Crippen LogP contribution is -2.63. The molecule has 0 aromatic rings. The average molecular weight is 294 g/mol. The van der Waals surface area contributed by atoms with Crippen LogP contribution in [0.3, 0.4) is 0 Å². The molecule has 1 N–H and O–H groups in total. The minimum atomic E-state index is -0.961. The second kappa shape index (κ2) is 3.02. The van der Waals surface area contributed by atoms with Crippen LogP contribution >= 0.6 is 0 Å². The molecule has 114 valence electrons. The van der Waals surface area contributed by atoms with E-state index in [-0.39, 0.29) is 30.0 Å². The number of rotatable bonds is 0. The molecule has 4 heterocycles. The minimum Gasteiger partial charge on any atom is -0.459 e. The maximum atomic E-state index is 12.8. The Hall–Kier alpha value is -0.690. The highest BCUT2D eigenvalue weighted by atomic mass is 16.8. The van der Waals surface area contributed by atoms with E-state index in [2.05, 4.69) is 6.92 Å². The number of ether oxygens (including phenoxy) is 4. The summed E-state index contributed by atoms with van der Waals surface area (Å²) in [5.74, 6) is 0.0287. The number of aliphatic hydroxyl groups is 1. The van der Waals surface area contributed by atoms with Gasteiger partial charge in [-0.05, 0) is 25.2 Å². The lowest BCUT2D eigenvalue weighted by Gasteiger charge is -2.51. The van der Waals surface area contributed by atoms with Crippen LogP contribution < -0.4 is 0 Å². The Labute approximate surface area is 121 Å². The van der Waals surface area contributed by atoms with Gasteiger partial charge in [0.2, 0.25) is 0 Å². The molecule has 6 fully saturated rings. The van der Waals surface area contributed by atoms with Crippen LogP contribution in [0.15, 0.2) is 0 Å². The monoisotopic (exact) mass is 294 g/mol. The Bertz CT molecular complexity index is 579. The van der Waals surface area contributed by atoms with E-state index in [0.29, 0.717) is 6.61 Å². The highest BCUT2D eigenvalue weighted by molar-refractivity contribution is 5.87. The Morgan fingerprint density at radius 2 is 2.24 bits per heavy atom. The molecular formula is C15H18O6. The molecule has 7 unspecified atom stereocenters. The third kappa shape index (κ3) is 0.814. The molecule has 0 amide bonds. The molecule has 2 saturated carbocycles. The lowest BCUT2D eigenvalue weighted by molar-refractivity contribution is -0.398. The molecule has 0 bridgehead atoms. The SMILES string of the molecule is C[C@@H]1COC2CC34C5CCC36C(O[C@@H]6O)OC4(C(=O)O5)C21. The van der Waals surface area contributed by atoms with Crippen LogP contribution in [0.25, 0.3) is 0 Å². The van der Waals surface area contributed by atoms with Crippen molar-refractivity contribution in [1.29, 1.82) is 0 Å². The maximum absolute atomic E-state index is 12.8. The molecule has 0 aromatic carbocycles. The Kier molecular flexibility index (Phi) is 1.70. The van der Waals surface area contributed by atoms with Gasteiger partial charge in [0.15, 0.2) is 18.2 Å². The van der Waals surface area contributed by atoms with E-state index in [1.807, 2.05) is 0 Å². The molecule has 2 aliphatic carbocycles.